The van der Waals surface area contributed by atoms with Crippen molar-refractivity contribution in [1.29, 1.82) is 0 Å². The molecule has 0 radical (unpaired) electrons. The number of para-hydroxylation sites is 1. The summed E-state index contributed by atoms with van der Waals surface area (Å²) in [6.07, 6.45) is 2.90. The van der Waals surface area contributed by atoms with Crippen molar-refractivity contribution in [3.05, 3.63) is 42.1 Å². The molecule has 1 unspecified atom stereocenters. The van der Waals surface area contributed by atoms with E-state index < -0.39 is 0 Å². The minimum atomic E-state index is 0.503. The Labute approximate surface area is 90.1 Å². The summed E-state index contributed by atoms with van der Waals surface area (Å²) < 4.78 is 0. The predicted octanol–water partition coefficient (Wildman–Crippen LogP) is 2.69. The average molecular weight is 200 g/mol. The van der Waals surface area contributed by atoms with Crippen molar-refractivity contribution in [3.63, 3.8) is 0 Å². The molecule has 0 bridgehead atoms. The topological polar surface area (TPSA) is 38.9 Å². The highest BCUT2D eigenvalue weighted by Gasteiger charge is 2.08. The van der Waals surface area contributed by atoms with Crippen LogP contribution in [0.25, 0.3) is 10.9 Å². The summed E-state index contributed by atoms with van der Waals surface area (Å²) in [5.74, 6) is 0.503. The van der Waals surface area contributed by atoms with E-state index in [2.05, 4.69) is 30.1 Å². The Balaban J connectivity index is 2.50. The third-order valence-electron chi connectivity index (χ3n) is 2.81. The van der Waals surface area contributed by atoms with E-state index in [9.17, 15) is 0 Å². The Morgan fingerprint density at radius 2 is 2.07 bits per heavy atom. The number of aromatic nitrogens is 1. The average Bonchev–Trinajstić information content (AvgIpc) is 2.28. The van der Waals surface area contributed by atoms with Gasteiger partial charge in [0.2, 0.25) is 0 Å². The van der Waals surface area contributed by atoms with Crippen molar-refractivity contribution in [2.75, 3.05) is 6.54 Å². The number of hydrogen-bond acceptors (Lipinski definition) is 2. The molecule has 2 heteroatoms. The molecule has 1 aromatic carbocycles. The molecule has 0 aliphatic rings. The van der Waals surface area contributed by atoms with Crippen molar-refractivity contribution in [1.82, 2.24) is 4.98 Å². The fraction of sp³-hybridized carbons (Fsp3) is 0.308. The number of nitrogens with zero attached hydrogens (tertiary/aromatic N) is 1. The van der Waals surface area contributed by atoms with Crippen molar-refractivity contribution >= 4 is 10.9 Å². The number of nitrogens with two attached hydrogens (primary N) is 1. The third-order valence-corrected chi connectivity index (χ3v) is 2.81. The van der Waals surface area contributed by atoms with Crippen LogP contribution in [0.5, 0.6) is 0 Å². The Bertz CT molecular complexity index is 446. The molecule has 78 valence electrons. The van der Waals surface area contributed by atoms with E-state index in [0.717, 1.165) is 18.5 Å². The standard InChI is InChI=1S/C13H16N2/c1-10(6-8-14)11-7-9-15-13-5-3-2-4-12(11)13/h2-5,7,9-10H,6,8,14H2,1H3. The molecule has 1 atom stereocenters. The van der Waals surface area contributed by atoms with Gasteiger partial charge in [-0.1, -0.05) is 25.1 Å². The van der Waals surface area contributed by atoms with Crippen LogP contribution in [-0.4, -0.2) is 11.5 Å². The van der Waals surface area contributed by atoms with Gasteiger partial charge in [-0.05, 0) is 36.6 Å². The number of pyridine rings is 1. The highest BCUT2D eigenvalue weighted by molar-refractivity contribution is 5.82. The zero-order valence-corrected chi connectivity index (χ0v) is 8.98. The van der Waals surface area contributed by atoms with Gasteiger partial charge in [-0.2, -0.15) is 0 Å². The van der Waals surface area contributed by atoms with Gasteiger partial charge in [0, 0.05) is 11.6 Å². The van der Waals surface area contributed by atoms with Crippen molar-refractivity contribution in [3.8, 4) is 0 Å². The highest BCUT2D eigenvalue weighted by Crippen LogP contribution is 2.25. The Kier molecular flexibility index (Phi) is 2.97. The molecule has 0 aliphatic carbocycles. The van der Waals surface area contributed by atoms with Gasteiger partial charge in [0.25, 0.3) is 0 Å². The first-order chi connectivity index (χ1) is 7.33. The van der Waals surface area contributed by atoms with Crippen LogP contribution in [0.15, 0.2) is 36.5 Å². The van der Waals surface area contributed by atoms with Gasteiger partial charge in [0.1, 0.15) is 0 Å². The smallest absolute Gasteiger partial charge is 0.0704 e. The summed E-state index contributed by atoms with van der Waals surface area (Å²) in [6.45, 7) is 2.95. The molecule has 15 heavy (non-hydrogen) atoms. The van der Waals surface area contributed by atoms with Crippen LogP contribution >= 0.6 is 0 Å². The van der Waals surface area contributed by atoms with Gasteiger partial charge >= 0.3 is 0 Å². The predicted molar refractivity (Wildman–Crippen MR) is 63.8 cm³/mol. The fourth-order valence-corrected chi connectivity index (χ4v) is 1.95. The molecule has 1 aromatic heterocycles. The van der Waals surface area contributed by atoms with Crippen LogP contribution in [0.1, 0.15) is 24.8 Å². The van der Waals surface area contributed by atoms with E-state index >= 15 is 0 Å². The fourth-order valence-electron chi connectivity index (χ4n) is 1.95. The molecule has 0 saturated carbocycles. The summed E-state index contributed by atoms with van der Waals surface area (Å²) in [5, 5.41) is 1.25. The molecule has 2 aromatic rings. The SMILES string of the molecule is CC(CCN)c1ccnc2ccccc12. The molecule has 0 saturated heterocycles. The van der Waals surface area contributed by atoms with Gasteiger partial charge < -0.3 is 5.73 Å². The molecule has 1 heterocycles. The third kappa shape index (κ3) is 2.00. The van der Waals surface area contributed by atoms with E-state index in [-0.39, 0.29) is 0 Å². The summed E-state index contributed by atoms with van der Waals surface area (Å²) in [7, 11) is 0. The van der Waals surface area contributed by atoms with Crippen LogP contribution in [0.3, 0.4) is 0 Å². The quantitative estimate of drug-likeness (QED) is 0.827. The summed E-state index contributed by atoms with van der Waals surface area (Å²) in [6, 6.07) is 10.4. The van der Waals surface area contributed by atoms with E-state index in [1.165, 1.54) is 10.9 Å². The molecular formula is C13H16N2. The first kappa shape index (κ1) is 10.1. The molecule has 2 N–H and O–H groups in total. The maximum absolute atomic E-state index is 5.60. The van der Waals surface area contributed by atoms with E-state index in [0.29, 0.717) is 5.92 Å². The first-order valence-electron chi connectivity index (χ1n) is 5.36. The van der Waals surface area contributed by atoms with Gasteiger partial charge in [-0.3, -0.25) is 4.98 Å². The lowest BCUT2D eigenvalue weighted by Gasteiger charge is -2.12. The zero-order chi connectivity index (χ0) is 10.7. The molecular weight excluding hydrogens is 184 g/mol. The van der Waals surface area contributed by atoms with E-state index in [1.807, 2.05) is 18.3 Å². The number of benzene rings is 1. The lowest BCUT2D eigenvalue weighted by Crippen LogP contribution is -2.05. The number of hydrogen-bond donors (Lipinski definition) is 1. The second-order valence-electron chi connectivity index (χ2n) is 3.90. The van der Waals surface area contributed by atoms with Gasteiger partial charge in [-0.15, -0.1) is 0 Å². The maximum atomic E-state index is 5.60. The van der Waals surface area contributed by atoms with Gasteiger partial charge in [-0.25, -0.2) is 0 Å². The second-order valence-corrected chi connectivity index (χ2v) is 3.90. The molecule has 0 spiro atoms. The van der Waals surface area contributed by atoms with Gasteiger partial charge in [0.15, 0.2) is 0 Å². The minimum absolute atomic E-state index is 0.503. The molecule has 2 rings (SSSR count). The minimum Gasteiger partial charge on any atom is -0.330 e. The van der Waals surface area contributed by atoms with Crippen LogP contribution in [0.4, 0.5) is 0 Å². The first-order valence-corrected chi connectivity index (χ1v) is 5.36. The lowest BCUT2D eigenvalue weighted by molar-refractivity contribution is 0.694. The second kappa shape index (κ2) is 4.41. The summed E-state index contributed by atoms with van der Waals surface area (Å²) in [4.78, 5) is 4.35. The summed E-state index contributed by atoms with van der Waals surface area (Å²) >= 11 is 0. The maximum Gasteiger partial charge on any atom is 0.0704 e. The lowest BCUT2D eigenvalue weighted by atomic mass is 9.95. The van der Waals surface area contributed by atoms with Crippen LogP contribution in [-0.2, 0) is 0 Å². The molecule has 0 aliphatic heterocycles. The van der Waals surface area contributed by atoms with Gasteiger partial charge in [0.05, 0.1) is 5.52 Å². The highest BCUT2D eigenvalue weighted by atomic mass is 14.6. The van der Waals surface area contributed by atoms with Crippen LogP contribution in [0, 0.1) is 0 Å². The number of rotatable bonds is 3. The Morgan fingerprint density at radius 3 is 2.87 bits per heavy atom. The monoisotopic (exact) mass is 200 g/mol. The molecule has 2 nitrogen and oxygen atoms in total. The Hall–Kier alpha value is -1.41. The largest absolute Gasteiger partial charge is 0.330 e. The Morgan fingerprint density at radius 1 is 1.27 bits per heavy atom. The molecule has 0 amide bonds. The van der Waals surface area contributed by atoms with Crippen LogP contribution < -0.4 is 5.73 Å². The van der Waals surface area contributed by atoms with Crippen LogP contribution in [0.2, 0.25) is 0 Å². The normalized spacial score (nSPS) is 12.9. The van der Waals surface area contributed by atoms with Crippen molar-refractivity contribution in [2.45, 2.75) is 19.3 Å². The van der Waals surface area contributed by atoms with Crippen molar-refractivity contribution in [2.24, 2.45) is 5.73 Å². The summed E-state index contributed by atoms with van der Waals surface area (Å²) in [5.41, 5.74) is 8.02. The van der Waals surface area contributed by atoms with Crippen molar-refractivity contribution < 1.29 is 0 Å². The number of fused-ring (bicyclic) bond motifs is 1. The van der Waals surface area contributed by atoms with E-state index in [1.54, 1.807) is 0 Å². The van der Waals surface area contributed by atoms with E-state index in [4.69, 9.17) is 5.73 Å². The zero-order valence-electron chi connectivity index (χ0n) is 8.98. The molecule has 0 fully saturated rings.